The average Bonchev–Trinajstić information content (AvgIpc) is 2.23. The summed E-state index contributed by atoms with van der Waals surface area (Å²) in [5, 5.41) is 0. The Morgan fingerprint density at radius 2 is 1.76 bits per heavy atom. The van der Waals surface area contributed by atoms with Crippen LogP contribution in [0.2, 0.25) is 0 Å². The second-order valence-corrected chi connectivity index (χ2v) is 5.76. The molecule has 1 heterocycles. The van der Waals surface area contributed by atoms with Crippen molar-refractivity contribution in [2.45, 2.75) is 44.2 Å². The van der Waals surface area contributed by atoms with Gasteiger partial charge < -0.3 is 10.3 Å². The van der Waals surface area contributed by atoms with E-state index in [1.807, 2.05) is 0 Å². The van der Waals surface area contributed by atoms with Crippen LogP contribution in [-0.4, -0.2) is 35.3 Å². The van der Waals surface area contributed by atoms with E-state index in [-0.39, 0.29) is 57.3 Å². The maximum Gasteiger partial charge on any atom is 1.00 e. The number of hydrogen-bond donors (Lipinski definition) is 1. The van der Waals surface area contributed by atoms with Crippen molar-refractivity contribution < 1.29 is 69.1 Å². The molecule has 8 heteroatoms. The van der Waals surface area contributed by atoms with E-state index in [1.54, 1.807) is 0 Å². The number of amides is 1. The van der Waals surface area contributed by atoms with Crippen LogP contribution >= 0.6 is 0 Å². The summed E-state index contributed by atoms with van der Waals surface area (Å²) in [5.41, 5.74) is 5.59. The molecule has 0 radical (unpaired) electrons. The first-order chi connectivity index (χ1) is 7.43. The predicted octanol–water partition coefficient (Wildman–Crippen LogP) is -3.43. The van der Waals surface area contributed by atoms with Gasteiger partial charge in [-0.25, -0.2) is 12.7 Å². The van der Waals surface area contributed by atoms with Crippen LogP contribution in [0.5, 0.6) is 0 Å². The fraction of sp³-hybridized carbons (Fsp3) is 0.889. The van der Waals surface area contributed by atoms with Crippen molar-refractivity contribution in [3.05, 3.63) is 0 Å². The zero-order chi connectivity index (χ0) is 11.9. The molecule has 1 saturated carbocycles. The van der Waals surface area contributed by atoms with Gasteiger partial charge in [0, 0.05) is 0 Å². The number of carbonyl (C=O) groups is 1. The number of nitrogens with two attached hydrogens (primary N) is 1. The molecule has 2 rings (SSSR count). The van der Waals surface area contributed by atoms with E-state index >= 15 is 0 Å². The molecular formula is C9H15KN2O4S. The minimum Gasteiger partial charge on any atom is -0.731 e. The van der Waals surface area contributed by atoms with E-state index in [4.69, 9.17) is 5.73 Å². The molecule has 0 bridgehead atoms. The van der Waals surface area contributed by atoms with Crippen LogP contribution in [0.1, 0.15) is 32.1 Å². The third kappa shape index (κ3) is 3.11. The number of β-lactam (4-membered cyclic amide) rings is 1. The minimum absolute atomic E-state index is 0. The van der Waals surface area contributed by atoms with Crippen LogP contribution in [0.4, 0.5) is 0 Å². The fourth-order valence-electron chi connectivity index (χ4n) is 2.72. The molecule has 6 nitrogen and oxygen atoms in total. The molecule has 17 heavy (non-hydrogen) atoms. The van der Waals surface area contributed by atoms with Crippen molar-refractivity contribution >= 4 is 16.2 Å². The van der Waals surface area contributed by atoms with E-state index < -0.39 is 28.3 Å². The summed E-state index contributed by atoms with van der Waals surface area (Å²) < 4.78 is 33.2. The van der Waals surface area contributed by atoms with Gasteiger partial charge in [0.2, 0.25) is 0 Å². The molecule has 2 N–H and O–H groups in total. The molecule has 1 saturated heterocycles. The van der Waals surface area contributed by atoms with E-state index in [1.165, 1.54) is 0 Å². The molecule has 1 aliphatic carbocycles. The first-order valence-corrected chi connectivity index (χ1v) is 6.84. The summed E-state index contributed by atoms with van der Waals surface area (Å²) in [7, 11) is -4.69. The number of hydrogen-bond acceptors (Lipinski definition) is 5. The van der Waals surface area contributed by atoms with Gasteiger partial charge in [0.15, 0.2) is 10.3 Å². The van der Waals surface area contributed by atoms with E-state index in [0.717, 1.165) is 32.1 Å². The van der Waals surface area contributed by atoms with Crippen molar-refractivity contribution in [3.8, 4) is 0 Å². The quantitative estimate of drug-likeness (QED) is 0.323. The van der Waals surface area contributed by atoms with Crippen molar-refractivity contribution in [1.29, 1.82) is 0 Å². The van der Waals surface area contributed by atoms with Crippen LogP contribution < -0.4 is 57.1 Å². The Balaban J connectivity index is 0.00000144. The Morgan fingerprint density at radius 1 is 1.24 bits per heavy atom. The smallest absolute Gasteiger partial charge is 0.731 e. The molecule has 0 aromatic heterocycles. The van der Waals surface area contributed by atoms with Crippen LogP contribution in [0.3, 0.4) is 0 Å². The monoisotopic (exact) mass is 286 g/mol. The van der Waals surface area contributed by atoms with Gasteiger partial charge in [0.1, 0.15) is 6.04 Å². The maximum absolute atomic E-state index is 11.3. The van der Waals surface area contributed by atoms with Crippen molar-refractivity contribution in [1.82, 2.24) is 4.31 Å². The summed E-state index contributed by atoms with van der Waals surface area (Å²) >= 11 is 0. The molecule has 2 unspecified atom stereocenters. The normalized spacial score (nSPS) is 30.7. The Morgan fingerprint density at radius 3 is 2.24 bits per heavy atom. The molecule has 0 aromatic rings. The van der Waals surface area contributed by atoms with Gasteiger partial charge in [-0.3, -0.25) is 4.79 Å². The van der Waals surface area contributed by atoms with Crippen LogP contribution in [-0.2, 0) is 15.1 Å². The van der Waals surface area contributed by atoms with Gasteiger partial charge >= 0.3 is 51.4 Å². The number of carbonyl (C=O) groups excluding carboxylic acids is 1. The Bertz CT molecular complexity index is 394. The molecule has 0 spiro atoms. The third-order valence-electron chi connectivity index (χ3n) is 3.51. The van der Waals surface area contributed by atoms with Crippen molar-refractivity contribution in [2.24, 2.45) is 11.7 Å². The van der Waals surface area contributed by atoms with Crippen LogP contribution in [0.15, 0.2) is 0 Å². The molecule has 92 valence electrons. The zero-order valence-corrected chi connectivity index (χ0v) is 13.8. The SMILES string of the molecule is NC1C(=O)N(S(=O)(=O)[O-])C1C1CCCCC1.[K+]. The van der Waals surface area contributed by atoms with Crippen LogP contribution in [0, 0.1) is 5.92 Å². The summed E-state index contributed by atoms with van der Waals surface area (Å²) in [6.45, 7) is 0. The van der Waals surface area contributed by atoms with E-state index in [0.29, 0.717) is 4.31 Å². The summed E-state index contributed by atoms with van der Waals surface area (Å²) in [6.07, 6.45) is 4.83. The Labute approximate surface area is 144 Å². The third-order valence-corrected chi connectivity index (χ3v) is 4.42. The van der Waals surface area contributed by atoms with E-state index in [2.05, 4.69) is 0 Å². The molecular weight excluding hydrogens is 271 g/mol. The molecule has 1 aliphatic heterocycles. The standard InChI is InChI=1S/C9H16N2O4S.K/c10-7-8(6-4-2-1-3-5-6)11(9(7)12)16(13,14)15;/h6-8H,1-5,10H2,(H,13,14,15);/q;+1/p-1. The predicted molar refractivity (Wildman–Crippen MR) is 54.9 cm³/mol. The average molecular weight is 286 g/mol. The summed E-state index contributed by atoms with van der Waals surface area (Å²) in [4.78, 5) is 11.3. The van der Waals surface area contributed by atoms with Crippen LogP contribution in [0.25, 0.3) is 0 Å². The molecule has 2 fully saturated rings. The van der Waals surface area contributed by atoms with Gasteiger partial charge in [-0.2, -0.15) is 0 Å². The maximum atomic E-state index is 11.3. The number of nitrogens with zero attached hydrogens (tertiary/aromatic N) is 1. The molecule has 0 aromatic carbocycles. The van der Waals surface area contributed by atoms with Gasteiger partial charge in [0.05, 0.1) is 6.04 Å². The number of rotatable bonds is 2. The van der Waals surface area contributed by atoms with Gasteiger partial charge in [-0.1, -0.05) is 19.3 Å². The Kier molecular flexibility index (Phi) is 5.62. The van der Waals surface area contributed by atoms with Crippen molar-refractivity contribution in [3.63, 3.8) is 0 Å². The second kappa shape index (κ2) is 5.95. The van der Waals surface area contributed by atoms with Gasteiger partial charge in [-0.05, 0) is 18.8 Å². The molecule has 1 amide bonds. The first kappa shape index (κ1) is 16.0. The largest absolute Gasteiger partial charge is 1.00 e. The second-order valence-electron chi connectivity index (χ2n) is 4.51. The van der Waals surface area contributed by atoms with Crippen molar-refractivity contribution in [2.75, 3.05) is 0 Å². The minimum atomic E-state index is -4.69. The fourth-order valence-corrected chi connectivity index (χ4v) is 3.67. The van der Waals surface area contributed by atoms with E-state index in [9.17, 15) is 17.8 Å². The topological polar surface area (TPSA) is 104 Å². The Hall–Kier alpha value is 0.976. The van der Waals surface area contributed by atoms with Gasteiger partial charge in [-0.15, -0.1) is 0 Å². The molecule has 2 aliphatic rings. The molecule has 2 atom stereocenters. The summed E-state index contributed by atoms with van der Waals surface area (Å²) in [6, 6.07) is -1.41. The zero-order valence-electron chi connectivity index (χ0n) is 9.83. The first-order valence-electron chi connectivity index (χ1n) is 5.47. The van der Waals surface area contributed by atoms with Gasteiger partial charge in [0.25, 0.3) is 5.91 Å². The summed E-state index contributed by atoms with van der Waals surface area (Å²) in [5.74, 6) is -0.698.